The van der Waals surface area contributed by atoms with Crippen molar-refractivity contribution in [3.63, 3.8) is 0 Å². The lowest BCUT2D eigenvalue weighted by molar-refractivity contribution is -0.124. The minimum Gasteiger partial charge on any atom is -0.383 e. The van der Waals surface area contributed by atoms with Gasteiger partial charge in [0.25, 0.3) is 0 Å². The molecule has 1 aliphatic rings. The van der Waals surface area contributed by atoms with E-state index in [2.05, 4.69) is 52.7 Å². The second kappa shape index (κ2) is 12.5. The molecule has 4 aromatic rings. The number of methoxy groups -OCH3 is 1. The van der Waals surface area contributed by atoms with Gasteiger partial charge in [0, 0.05) is 68.9 Å². The summed E-state index contributed by atoms with van der Waals surface area (Å²) in [6, 6.07) is 8.77. The fourth-order valence-corrected chi connectivity index (χ4v) is 4.89. The first-order valence-corrected chi connectivity index (χ1v) is 13.2. The lowest BCUT2D eigenvalue weighted by Gasteiger charge is -2.36. The van der Waals surface area contributed by atoms with E-state index in [1.54, 1.807) is 25.6 Å². The molecule has 1 amide bonds. The maximum atomic E-state index is 15.0. The van der Waals surface area contributed by atoms with E-state index in [0.717, 1.165) is 49.1 Å². The van der Waals surface area contributed by atoms with Crippen LogP contribution in [0, 0.1) is 5.82 Å². The van der Waals surface area contributed by atoms with Gasteiger partial charge in [-0.3, -0.25) is 14.7 Å². The zero-order chi connectivity index (χ0) is 28.1. The molecule has 5 rings (SSSR count). The van der Waals surface area contributed by atoms with Crippen molar-refractivity contribution in [1.29, 1.82) is 0 Å². The van der Waals surface area contributed by atoms with Gasteiger partial charge in [-0.05, 0) is 32.3 Å². The summed E-state index contributed by atoms with van der Waals surface area (Å²) in [4.78, 5) is 33.9. The minimum absolute atomic E-state index is 0.145. The molecule has 1 saturated heterocycles. The van der Waals surface area contributed by atoms with Crippen molar-refractivity contribution in [1.82, 2.24) is 35.1 Å². The number of H-pyrrole nitrogens is 1. The van der Waals surface area contributed by atoms with Crippen LogP contribution in [-0.2, 0) is 16.1 Å². The number of para-hydroxylation sites is 1. The number of rotatable bonds is 10. The molecule has 4 N–H and O–H groups in total. The lowest BCUT2D eigenvalue weighted by atomic mass is 10.1. The number of ether oxygens (including phenoxy) is 1. The number of fused-ring (bicyclic) bond motifs is 1. The van der Waals surface area contributed by atoms with Crippen LogP contribution < -0.4 is 16.0 Å². The Hall–Kier alpha value is -3.97. The van der Waals surface area contributed by atoms with Crippen LogP contribution in [0.4, 0.5) is 21.7 Å². The Morgan fingerprint density at radius 2 is 2.02 bits per heavy atom. The van der Waals surface area contributed by atoms with E-state index in [-0.39, 0.29) is 24.2 Å². The molecular weight excluding hydrogens is 513 g/mol. The van der Waals surface area contributed by atoms with Crippen LogP contribution in [0.1, 0.15) is 5.69 Å². The van der Waals surface area contributed by atoms with Crippen molar-refractivity contribution in [3.05, 3.63) is 60.4 Å². The summed E-state index contributed by atoms with van der Waals surface area (Å²) in [6.07, 6.45) is 4.53. The number of likely N-dealkylation sites (N-methyl/N-ethyl adjacent to an activating group) is 1. The van der Waals surface area contributed by atoms with Crippen molar-refractivity contribution in [2.24, 2.45) is 0 Å². The highest BCUT2D eigenvalue weighted by Crippen LogP contribution is 2.33. The van der Waals surface area contributed by atoms with E-state index >= 15 is 4.39 Å². The molecule has 1 atom stereocenters. The number of aromatic amines is 1. The van der Waals surface area contributed by atoms with E-state index in [1.807, 2.05) is 31.3 Å². The van der Waals surface area contributed by atoms with E-state index < -0.39 is 11.9 Å². The molecule has 1 fully saturated rings. The SMILES string of the molecule is CNCc1cc(Nc2ncc(F)c(-c3c[nH]c4c(NC(=O)[C@@H](COC)N5CCN(C)CC5)cccc34)n2)ccn1. The van der Waals surface area contributed by atoms with Crippen LogP contribution in [0.25, 0.3) is 22.2 Å². The molecule has 3 aromatic heterocycles. The summed E-state index contributed by atoms with van der Waals surface area (Å²) in [7, 11) is 5.52. The Morgan fingerprint density at radius 3 is 2.80 bits per heavy atom. The van der Waals surface area contributed by atoms with Gasteiger partial charge in [0.15, 0.2) is 5.82 Å². The van der Waals surface area contributed by atoms with E-state index in [0.29, 0.717) is 23.3 Å². The number of carbonyl (C=O) groups is 1. The fourth-order valence-electron chi connectivity index (χ4n) is 4.89. The maximum absolute atomic E-state index is 15.0. The predicted molar refractivity (Wildman–Crippen MR) is 153 cm³/mol. The van der Waals surface area contributed by atoms with Crippen molar-refractivity contribution in [2.45, 2.75) is 12.6 Å². The third-order valence-electron chi connectivity index (χ3n) is 7.01. The van der Waals surface area contributed by atoms with E-state index in [4.69, 9.17) is 4.74 Å². The average Bonchev–Trinajstić information content (AvgIpc) is 3.39. The molecule has 1 aromatic carbocycles. The van der Waals surface area contributed by atoms with Crippen molar-refractivity contribution >= 4 is 34.1 Å². The number of amides is 1. The molecular formula is C28H34FN9O2. The molecule has 0 spiro atoms. The summed E-state index contributed by atoms with van der Waals surface area (Å²) in [5.41, 5.74) is 3.58. The van der Waals surface area contributed by atoms with E-state index in [1.165, 1.54) is 0 Å². The van der Waals surface area contributed by atoms with Crippen LogP contribution in [-0.4, -0.2) is 95.7 Å². The molecule has 12 heteroatoms. The number of anilines is 3. The fraction of sp³-hybridized carbons (Fsp3) is 0.357. The Morgan fingerprint density at radius 1 is 1.20 bits per heavy atom. The highest BCUT2D eigenvalue weighted by Gasteiger charge is 2.29. The molecule has 0 bridgehead atoms. The first kappa shape index (κ1) is 27.6. The van der Waals surface area contributed by atoms with Gasteiger partial charge in [-0.25, -0.2) is 14.4 Å². The number of benzene rings is 1. The Balaban J connectivity index is 1.40. The molecule has 210 valence electrons. The topological polar surface area (TPSA) is 123 Å². The summed E-state index contributed by atoms with van der Waals surface area (Å²) in [5.74, 6) is -0.446. The Bertz CT molecular complexity index is 1470. The van der Waals surface area contributed by atoms with Crippen molar-refractivity contribution in [2.75, 3.05) is 64.6 Å². The van der Waals surface area contributed by atoms with Crippen LogP contribution in [0.3, 0.4) is 0 Å². The van der Waals surface area contributed by atoms with Crippen LogP contribution in [0.2, 0.25) is 0 Å². The summed E-state index contributed by atoms with van der Waals surface area (Å²) in [6.45, 7) is 4.26. The van der Waals surface area contributed by atoms with Gasteiger partial charge < -0.3 is 30.6 Å². The number of carbonyl (C=O) groups excluding carboxylic acids is 1. The largest absolute Gasteiger partial charge is 0.383 e. The number of nitrogens with one attached hydrogen (secondary N) is 4. The number of aromatic nitrogens is 4. The Kier molecular flexibility index (Phi) is 8.60. The summed E-state index contributed by atoms with van der Waals surface area (Å²) in [5, 5.41) is 9.98. The van der Waals surface area contributed by atoms with Crippen molar-refractivity contribution in [3.8, 4) is 11.3 Å². The number of hydrogen-bond donors (Lipinski definition) is 4. The van der Waals surface area contributed by atoms with Crippen LogP contribution >= 0.6 is 0 Å². The second-order valence-corrected chi connectivity index (χ2v) is 9.81. The zero-order valence-electron chi connectivity index (χ0n) is 22.9. The molecule has 0 radical (unpaired) electrons. The van der Waals surface area contributed by atoms with Gasteiger partial charge in [0.1, 0.15) is 11.7 Å². The van der Waals surface area contributed by atoms with Crippen LogP contribution in [0.5, 0.6) is 0 Å². The number of piperazine rings is 1. The first-order chi connectivity index (χ1) is 19.5. The third kappa shape index (κ3) is 6.10. The Labute approximate surface area is 232 Å². The monoisotopic (exact) mass is 547 g/mol. The van der Waals surface area contributed by atoms with Gasteiger partial charge in [0.05, 0.1) is 29.7 Å². The maximum Gasteiger partial charge on any atom is 0.244 e. The normalized spacial score (nSPS) is 15.3. The highest BCUT2D eigenvalue weighted by molar-refractivity contribution is 6.06. The van der Waals surface area contributed by atoms with Gasteiger partial charge in [-0.1, -0.05) is 12.1 Å². The van der Waals surface area contributed by atoms with Gasteiger partial charge in [-0.2, -0.15) is 0 Å². The lowest BCUT2D eigenvalue weighted by Crippen LogP contribution is -2.54. The van der Waals surface area contributed by atoms with Crippen LogP contribution in [0.15, 0.2) is 48.9 Å². The predicted octanol–water partition coefficient (Wildman–Crippen LogP) is 2.82. The van der Waals surface area contributed by atoms with Gasteiger partial charge >= 0.3 is 0 Å². The molecule has 0 saturated carbocycles. The number of nitrogens with zero attached hydrogens (tertiary/aromatic N) is 5. The molecule has 0 unspecified atom stereocenters. The molecule has 1 aliphatic heterocycles. The zero-order valence-corrected chi connectivity index (χ0v) is 22.9. The standard InChI is InChI=1S/C28H34FN9O2/c1-30-14-19-13-18(7-8-31-19)34-28-33-16-22(29)25(36-28)21-15-32-26-20(21)5-4-6-23(26)35-27(39)24(17-40-3)38-11-9-37(2)10-12-38/h4-8,13,15-16,24,30,32H,9-12,14,17H2,1-3H3,(H,35,39)(H,31,33,34,36)/t24-/m1/s1. The third-order valence-corrected chi connectivity index (χ3v) is 7.01. The number of hydrogen-bond acceptors (Lipinski definition) is 9. The number of halogens is 1. The first-order valence-electron chi connectivity index (χ1n) is 13.2. The average molecular weight is 548 g/mol. The quantitative estimate of drug-likeness (QED) is 0.237. The summed E-state index contributed by atoms with van der Waals surface area (Å²) < 4.78 is 20.4. The minimum atomic E-state index is -0.554. The number of pyridine rings is 1. The van der Waals surface area contributed by atoms with Gasteiger partial charge in [0.2, 0.25) is 11.9 Å². The molecule has 4 heterocycles. The van der Waals surface area contributed by atoms with Crippen molar-refractivity contribution < 1.29 is 13.9 Å². The molecule has 11 nitrogen and oxygen atoms in total. The molecule has 0 aliphatic carbocycles. The highest BCUT2D eigenvalue weighted by atomic mass is 19.1. The second-order valence-electron chi connectivity index (χ2n) is 9.81. The molecule has 40 heavy (non-hydrogen) atoms. The van der Waals surface area contributed by atoms with Gasteiger partial charge in [-0.15, -0.1) is 0 Å². The smallest absolute Gasteiger partial charge is 0.244 e. The van der Waals surface area contributed by atoms with E-state index in [9.17, 15) is 4.79 Å². The summed E-state index contributed by atoms with van der Waals surface area (Å²) >= 11 is 0.